The monoisotopic (exact) mass is 563 g/mol. The Morgan fingerprint density at radius 3 is 2.21 bits per heavy atom. The van der Waals surface area contributed by atoms with Crippen LogP contribution in [-0.2, 0) is 27.4 Å². The molecule has 6 N–H and O–H groups in total. The van der Waals surface area contributed by atoms with Crippen molar-refractivity contribution >= 4 is 7.82 Å². The highest BCUT2D eigenvalue weighted by Crippen LogP contribution is 2.40. The first kappa shape index (κ1) is 28.5. The standard InChI is InChI=1S/C26H25F3N3O6P/c27-26(28,29)21-12-20(22-13-31-24(32-22)25(30,15-33)16-38-39(34,35)36)10-11-23(21)37-14-17-6-8-19(9-7-17)18-4-2-1-3-5-18/h1-13,33H,14-16,30H2,(H,31,32)(H2,34,35,36)/t25-/m0/s1. The highest BCUT2D eigenvalue weighted by atomic mass is 31.2. The average molecular weight is 563 g/mol. The molecule has 1 heterocycles. The first-order chi connectivity index (χ1) is 18.4. The first-order valence-electron chi connectivity index (χ1n) is 11.5. The van der Waals surface area contributed by atoms with Crippen molar-refractivity contribution in [3.05, 3.63) is 95.9 Å². The minimum Gasteiger partial charge on any atom is -0.488 e. The molecule has 0 unspecified atom stereocenters. The number of aromatic amines is 1. The lowest BCUT2D eigenvalue weighted by Crippen LogP contribution is -2.45. The van der Waals surface area contributed by atoms with Crippen LogP contribution in [0.5, 0.6) is 5.75 Å². The maximum absolute atomic E-state index is 13.9. The number of hydrogen-bond acceptors (Lipinski definition) is 6. The third kappa shape index (κ3) is 7.12. The molecule has 4 rings (SSSR count). The smallest absolute Gasteiger partial charge is 0.469 e. The second-order valence-electron chi connectivity index (χ2n) is 8.78. The average Bonchev–Trinajstić information content (AvgIpc) is 3.42. The molecule has 3 aromatic carbocycles. The zero-order chi connectivity index (χ0) is 28.3. The maximum Gasteiger partial charge on any atom is 0.469 e. The summed E-state index contributed by atoms with van der Waals surface area (Å²) < 4.78 is 62.7. The van der Waals surface area contributed by atoms with Gasteiger partial charge in [0.25, 0.3) is 0 Å². The number of nitrogens with one attached hydrogen (secondary N) is 1. The summed E-state index contributed by atoms with van der Waals surface area (Å²) in [5.41, 5.74) is 6.00. The summed E-state index contributed by atoms with van der Waals surface area (Å²) in [5, 5.41) is 9.65. The lowest BCUT2D eigenvalue weighted by atomic mass is 10.0. The van der Waals surface area contributed by atoms with Crippen LogP contribution in [0.2, 0.25) is 0 Å². The molecule has 9 nitrogen and oxygen atoms in total. The number of rotatable bonds is 10. The number of phosphoric acid groups is 1. The molecule has 0 spiro atoms. The van der Waals surface area contributed by atoms with E-state index in [2.05, 4.69) is 14.5 Å². The van der Waals surface area contributed by atoms with Gasteiger partial charge in [-0.25, -0.2) is 9.55 Å². The predicted molar refractivity (Wildman–Crippen MR) is 136 cm³/mol. The maximum atomic E-state index is 13.9. The number of phosphoric ester groups is 1. The Hall–Kier alpha value is -3.51. The van der Waals surface area contributed by atoms with Gasteiger partial charge in [-0.1, -0.05) is 54.6 Å². The van der Waals surface area contributed by atoms with Gasteiger partial charge in [-0.2, -0.15) is 13.2 Å². The molecule has 0 aliphatic heterocycles. The van der Waals surface area contributed by atoms with Gasteiger partial charge >= 0.3 is 14.0 Å². The summed E-state index contributed by atoms with van der Waals surface area (Å²) in [6, 6.07) is 20.4. The van der Waals surface area contributed by atoms with Gasteiger partial charge in [0.15, 0.2) is 0 Å². The van der Waals surface area contributed by atoms with E-state index in [1.807, 2.05) is 42.5 Å². The summed E-state index contributed by atoms with van der Waals surface area (Å²) >= 11 is 0. The van der Waals surface area contributed by atoms with Crippen molar-refractivity contribution in [2.75, 3.05) is 13.2 Å². The molecule has 0 aliphatic rings. The number of ether oxygens (including phenoxy) is 1. The van der Waals surface area contributed by atoms with Crippen molar-refractivity contribution in [3.63, 3.8) is 0 Å². The van der Waals surface area contributed by atoms with Gasteiger partial charge in [0.1, 0.15) is 23.7 Å². The van der Waals surface area contributed by atoms with E-state index in [0.29, 0.717) is 5.56 Å². The number of benzene rings is 3. The number of hydrogen-bond donors (Lipinski definition) is 5. The molecule has 1 aromatic heterocycles. The summed E-state index contributed by atoms with van der Waals surface area (Å²) in [5.74, 6) is -0.502. The minimum absolute atomic E-state index is 0.0858. The number of aliphatic hydroxyl groups is 1. The number of H-pyrrole nitrogens is 1. The fraction of sp³-hybridized carbons (Fsp3) is 0.192. The van der Waals surface area contributed by atoms with Gasteiger partial charge in [0.2, 0.25) is 0 Å². The molecule has 1 atom stereocenters. The van der Waals surface area contributed by atoms with Crippen molar-refractivity contribution in [1.29, 1.82) is 0 Å². The molecule has 0 radical (unpaired) electrons. The lowest BCUT2D eigenvalue weighted by Gasteiger charge is -2.24. The summed E-state index contributed by atoms with van der Waals surface area (Å²) in [7, 11) is -4.90. The second-order valence-corrected chi connectivity index (χ2v) is 10.0. The van der Waals surface area contributed by atoms with Crippen LogP contribution >= 0.6 is 7.82 Å². The van der Waals surface area contributed by atoms with Gasteiger partial charge in [0.05, 0.1) is 30.7 Å². The van der Waals surface area contributed by atoms with Crippen molar-refractivity contribution in [1.82, 2.24) is 9.97 Å². The number of alkyl halides is 3. The summed E-state index contributed by atoms with van der Waals surface area (Å²) in [6.45, 7) is -1.70. The fourth-order valence-electron chi connectivity index (χ4n) is 3.74. The van der Waals surface area contributed by atoms with Crippen LogP contribution < -0.4 is 10.5 Å². The molecule has 4 aromatic rings. The van der Waals surface area contributed by atoms with Crippen molar-refractivity contribution in [3.8, 4) is 28.1 Å². The van der Waals surface area contributed by atoms with E-state index in [4.69, 9.17) is 20.3 Å². The number of nitrogens with zero attached hydrogens (tertiary/aromatic N) is 1. The van der Waals surface area contributed by atoms with Gasteiger partial charge in [-0.3, -0.25) is 4.52 Å². The van der Waals surface area contributed by atoms with E-state index >= 15 is 0 Å². The van der Waals surface area contributed by atoms with Crippen LogP contribution in [0.1, 0.15) is 17.0 Å². The van der Waals surface area contributed by atoms with Crippen molar-refractivity contribution in [2.45, 2.75) is 18.3 Å². The van der Waals surface area contributed by atoms with E-state index in [1.54, 1.807) is 12.1 Å². The number of imidazole rings is 1. The SMILES string of the molecule is N[C@@](CO)(COP(=O)(O)O)c1ncc(-c2ccc(OCc3ccc(-c4ccccc4)cc3)c(C(F)(F)F)c2)[nH]1. The Kier molecular flexibility index (Phi) is 8.26. The molecule has 39 heavy (non-hydrogen) atoms. The highest BCUT2D eigenvalue weighted by molar-refractivity contribution is 7.46. The molecular formula is C26H25F3N3O6P. The predicted octanol–water partition coefficient (Wildman–Crippen LogP) is 4.60. The Labute approximate surface area is 221 Å². The normalized spacial score (nSPS) is 13.7. The largest absolute Gasteiger partial charge is 0.488 e. The quantitative estimate of drug-likeness (QED) is 0.176. The molecule has 0 amide bonds. The number of aliphatic hydroxyl groups excluding tert-OH is 1. The first-order valence-corrected chi connectivity index (χ1v) is 13.0. The van der Waals surface area contributed by atoms with Crippen LogP contribution in [0.4, 0.5) is 13.2 Å². The van der Waals surface area contributed by atoms with Crippen LogP contribution in [0, 0.1) is 0 Å². The van der Waals surface area contributed by atoms with E-state index in [1.165, 1.54) is 18.3 Å². The molecule has 0 saturated carbocycles. The Bertz CT molecular complexity index is 1460. The van der Waals surface area contributed by atoms with Crippen LogP contribution in [0.3, 0.4) is 0 Å². The molecule has 206 valence electrons. The van der Waals surface area contributed by atoms with Crippen LogP contribution in [0.25, 0.3) is 22.4 Å². The molecule has 0 saturated heterocycles. The minimum atomic E-state index is -4.90. The van der Waals surface area contributed by atoms with Crippen molar-refractivity contribution in [2.24, 2.45) is 5.73 Å². The zero-order valence-corrected chi connectivity index (χ0v) is 21.2. The van der Waals surface area contributed by atoms with Crippen molar-refractivity contribution < 1.29 is 41.9 Å². The van der Waals surface area contributed by atoms with E-state index in [-0.39, 0.29) is 29.4 Å². The van der Waals surface area contributed by atoms with E-state index in [9.17, 15) is 22.8 Å². The number of nitrogens with two attached hydrogens (primary N) is 1. The van der Waals surface area contributed by atoms with Gasteiger partial charge in [0, 0.05) is 5.56 Å². The second kappa shape index (κ2) is 11.3. The zero-order valence-electron chi connectivity index (χ0n) is 20.3. The molecule has 0 fully saturated rings. The molecule has 13 heteroatoms. The Morgan fingerprint density at radius 2 is 1.59 bits per heavy atom. The molecule has 0 aliphatic carbocycles. The number of aromatic nitrogens is 2. The summed E-state index contributed by atoms with van der Waals surface area (Å²) in [4.78, 5) is 24.5. The van der Waals surface area contributed by atoms with E-state index < -0.39 is 38.3 Å². The molecular weight excluding hydrogens is 538 g/mol. The van der Waals surface area contributed by atoms with Crippen LogP contribution in [0.15, 0.2) is 79.0 Å². The van der Waals surface area contributed by atoms with Gasteiger partial charge < -0.3 is 30.3 Å². The Balaban J connectivity index is 1.53. The summed E-state index contributed by atoms with van der Waals surface area (Å²) in [6.07, 6.45) is -3.54. The van der Waals surface area contributed by atoms with Crippen LogP contribution in [-0.4, -0.2) is 38.1 Å². The highest BCUT2D eigenvalue weighted by Gasteiger charge is 2.36. The third-order valence-corrected chi connectivity index (χ3v) is 6.34. The molecule has 0 bridgehead atoms. The topological polar surface area (TPSA) is 151 Å². The van der Waals surface area contributed by atoms with E-state index in [0.717, 1.165) is 17.2 Å². The lowest BCUT2D eigenvalue weighted by molar-refractivity contribution is -0.139. The Morgan fingerprint density at radius 1 is 0.949 bits per heavy atom. The third-order valence-electron chi connectivity index (χ3n) is 5.87. The van der Waals surface area contributed by atoms with Gasteiger partial charge in [-0.05, 0) is 34.9 Å². The number of halogens is 3. The fourth-order valence-corrected chi connectivity index (χ4v) is 4.14. The van der Waals surface area contributed by atoms with Gasteiger partial charge in [-0.15, -0.1) is 0 Å².